The van der Waals surface area contributed by atoms with Gasteiger partial charge >= 0.3 is 0 Å². The van der Waals surface area contributed by atoms with Crippen LogP contribution in [0.3, 0.4) is 0 Å². The first-order valence-electron chi connectivity index (χ1n) is 10.2. The molecular weight excluding hydrogens is 276 g/mol. The maximum atomic E-state index is 4.26. The van der Waals surface area contributed by atoms with Crippen molar-refractivity contribution >= 4 is 0 Å². The summed E-state index contributed by atoms with van der Waals surface area (Å²) in [5.41, 5.74) is 4.27. The fourth-order valence-electron chi connectivity index (χ4n) is 6.87. The molecule has 0 radical (unpaired) electrons. The van der Waals surface area contributed by atoms with Crippen LogP contribution in [0.5, 0.6) is 0 Å². The van der Waals surface area contributed by atoms with Crippen molar-refractivity contribution in [1.29, 1.82) is 0 Å². The largest absolute Gasteiger partial charge is 0.100 e. The molecule has 3 aliphatic rings. The van der Waals surface area contributed by atoms with E-state index in [9.17, 15) is 0 Å². The Labute approximate surface area is 144 Å². The van der Waals surface area contributed by atoms with Gasteiger partial charge in [0.2, 0.25) is 0 Å². The lowest BCUT2D eigenvalue weighted by molar-refractivity contribution is -0.0451. The van der Waals surface area contributed by atoms with Crippen LogP contribution in [0.25, 0.3) is 0 Å². The molecule has 0 nitrogen and oxygen atoms in total. The lowest BCUT2D eigenvalue weighted by Gasteiger charge is -2.58. The molecule has 2 saturated carbocycles. The zero-order chi connectivity index (χ0) is 16.7. The van der Waals surface area contributed by atoms with E-state index in [1.165, 1.54) is 69.8 Å². The minimum atomic E-state index is 0.499. The average Bonchev–Trinajstić information content (AvgIpc) is 2.48. The van der Waals surface area contributed by atoms with Crippen molar-refractivity contribution < 1.29 is 0 Å². The summed E-state index contributed by atoms with van der Waals surface area (Å²) in [7, 11) is 0. The SMILES string of the molecule is C=C(C)CC1(C)CCC2C(CC=C3CCCCC32C)C1CCC. The predicted molar refractivity (Wildman–Crippen MR) is 101 cm³/mol. The fraction of sp³-hybridized carbons (Fsp3) is 0.826. The van der Waals surface area contributed by atoms with Crippen molar-refractivity contribution in [3.63, 3.8) is 0 Å². The highest BCUT2D eigenvalue weighted by molar-refractivity contribution is 5.24. The molecule has 0 aromatic rings. The van der Waals surface area contributed by atoms with Gasteiger partial charge in [-0.3, -0.25) is 0 Å². The highest BCUT2D eigenvalue weighted by Gasteiger charge is 2.53. The molecule has 2 fully saturated rings. The second-order valence-corrected chi connectivity index (χ2v) is 9.58. The highest BCUT2D eigenvalue weighted by atomic mass is 14.6. The second-order valence-electron chi connectivity index (χ2n) is 9.58. The molecule has 0 N–H and O–H groups in total. The molecule has 0 aromatic heterocycles. The van der Waals surface area contributed by atoms with Crippen molar-refractivity contribution in [3.8, 4) is 0 Å². The van der Waals surface area contributed by atoms with Crippen molar-refractivity contribution in [3.05, 3.63) is 23.8 Å². The molecule has 0 saturated heterocycles. The van der Waals surface area contributed by atoms with Crippen LogP contribution in [0.2, 0.25) is 0 Å². The van der Waals surface area contributed by atoms with E-state index >= 15 is 0 Å². The predicted octanol–water partition coefficient (Wildman–Crippen LogP) is 7.31. The van der Waals surface area contributed by atoms with E-state index in [0.29, 0.717) is 10.8 Å². The molecule has 0 bridgehead atoms. The fourth-order valence-corrected chi connectivity index (χ4v) is 6.87. The lowest BCUT2D eigenvalue weighted by atomic mass is 9.46. The van der Waals surface area contributed by atoms with Gasteiger partial charge in [0.1, 0.15) is 0 Å². The number of hydrogen-bond donors (Lipinski definition) is 0. The molecule has 0 spiro atoms. The molecule has 3 aliphatic carbocycles. The Bertz CT molecular complexity index is 484. The van der Waals surface area contributed by atoms with E-state index in [1.54, 1.807) is 0 Å². The van der Waals surface area contributed by atoms with Crippen molar-refractivity contribution in [2.75, 3.05) is 0 Å². The van der Waals surface area contributed by atoms with Crippen molar-refractivity contribution in [2.45, 2.75) is 91.9 Å². The number of fused-ring (bicyclic) bond motifs is 3. The summed E-state index contributed by atoms with van der Waals surface area (Å²) in [5, 5.41) is 0. The Morgan fingerprint density at radius 2 is 2.04 bits per heavy atom. The highest BCUT2D eigenvalue weighted by Crippen LogP contribution is 2.62. The zero-order valence-electron chi connectivity index (χ0n) is 16.1. The first kappa shape index (κ1) is 17.3. The van der Waals surface area contributed by atoms with E-state index < -0.39 is 0 Å². The van der Waals surface area contributed by atoms with Crippen molar-refractivity contribution in [2.24, 2.45) is 28.6 Å². The molecule has 0 heterocycles. The molecule has 0 heteroatoms. The van der Waals surface area contributed by atoms with Gasteiger partial charge in [-0.15, -0.1) is 6.58 Å². The van der Waals surface area contributed by atoms with Crippen LogP contribution >= 0.6 is 0 Å². The minimum Gasteiger partial charge on any atom is -0.100 e. The quantitative estimate of drug-likeness (QED) is 0.477. The van der Waals surface area contributed by atoms with E-state index in [-0.39, 0.29) is 0 Å². The smallest absolute Gasteiger partial charge is 0.00853 e. The van der Waals surface area contributed by atoms with Gasteiger partial charge in [0.25, 0.3) is 0 Å². The monoisotopic (exact) mass is 314 g/mol. The second kappa shape index (κ2) is 6.41. The van der Waals surface area contributed by atoms with Crippen LogP contribution < -0.4 is 0 Å². The minimum absolute atomic E-state index is 0.499. The van der Waals surface area contributed by atoms with Gasteiger partial charge in [0.15, 0.2) is 0 Å². The molecule has 23 heavy (non-hydrogen) atoms. The lowest BCUT2D eigenvalue weighted by Crippen LogP contribution is -2.49. The molecule has 130 valence electrons. The third-order valence-corrected chi connectivity index (χ3v) is 7.84. The maximum absolute atomic E-state index is 4.26. The summed E-state index contributed by atoms with van der Waals surface area (Å²) in [6, 6.07) is 0. The summed E-state index contributed by atoms with van der Waals surface area (Å²) in [4.78, 5) is 0. The Morgan fingerprint density at radius 1 is 1.26 bits per heavy atom. The van der Waals surface area contributed by atoms with Gasteiger partial charge in [0.05, 0.1) is 0 Å². The van der Waals surface area contributed by atoms with Crippen LogP contribution in [0.1, 0.15) is 91.9 Å². The summed E-state index contributed by atoms with van der Waals surface area (Å²) >= 11 is 0. The molecule has 0 amide bonds. The van der Waals surface area contributed by atoms with Crippen molar-refractivity contribution in [1.82, 2.24) is 0 Å². The molecule has 3 rings (SSSR count). The normalized spacial score (nSPS) is 43.3. The average molecular weight is 315 g/mol. The first-order valence-corrected chi connectivity index (χ1v) is 10.2. The van der Waals surface area contributed by atoms with Crippen LogP contribution in [0, 0.1) is 28.6 Å². The third-order valence-electron chi connectivity index (χ3n) is 7.84. The summed E-state index contributed by atoms with van der Waals surface area (Å²) in [5.74, 6) is 2.79. The molecule has 0 aliphatic heterocycles. The van der Waals surface area contributed by atoms with E-state index in [1.807, 2.05) is 5.57 Å². The van der Waals surface area contributed by atoms with E-state index in [0.717, 1.165) is 17.8 Å². The van der Waals surface area contributed by atoms with Crippen LogP contribution in [0.4, 0.5) is 0 Å². The van der Waals surface area contributed by atoms with Crippen LogP contribution in [0.15, 0.2) is 23.8 Å². The Kier molecular flexibility index (Phi) is 4.83. The van der Waals surface area contributed by atoms with E-state index in [2.05, 4.69) is 40.3 Å². The van der Waals surface area contributed by atoms with Crippen LogP contribution in [-0.4, -0.2) is 0 Å². The maximum Gasteiger partial charge on any atom is -0.00853 e. The molecule has 5 atom stereocenters. The molecule has 0 aromatic carbocycles. The van der Waals surface area contributed by atoms with Gasteiger partial charge < -0.3 is 0 Å². The van der Waals surface area contributed by atoms with Gasteiger partial charge in [0, 0.05) is 0 Å². The van der Waals surface area contributed by atoms with Gasteiger partial charge in [-0.25, -0.2) is 0 Å². The summed E-state index contributed by atoms with van der Waals surface area (Å²) in [6.07, 6.45) is 16.7. The van der Waals surface area contributed by atoms with Gasteiger partial charge in [-0.1, -0.05) is 50.8 Å². The zero-order valence-corrected chi connectivity index (χ0v) is 16.1. The van der Waals surface area contributed by atoms with Gasteiger partial charge in [-0.2, -0.15) is 0 Å². The summed E-state index contributed by atoms with van der Waals surface area (Å²) in [6.45, 7) is 14.1. The topological polar surface area (TPSA) is 0 Å². The molecular formula is C23H38. The Morgan fingerprint density at radius 3 is 2.74 bits per heavy atom. The molecule has 5 unspecified atom stereocenters. The number of allylic oxidation sites excluding steroid dienone is 3. The van der Waals surface area contributed by atoms with E-state index in [4.69, 9.17) is 0 Å². The third kappa shape index (κ3) is 2.96. The summed E-state index contributed by atoms with van der Waals surface area (Å²) < 4.78 is 0. The Balaban J connectivity index is 1.92. The number of hydrogen-bond acceptors (Lipinski definition) is 0. The van der Waals surface area contributed by atoms with Crippen LogP contribution in [-0.2, 0) is 0 Å². The number of rotatable bonds is 4. The standard InChI is InChI=1S/C23H38/c1-6-9-20-19-12-11-18-10-7-8-14-23(18,5)21(19)13-15-22(20,4)16-17(2)3/h11,19-21H,2,6-10,12-16H2,1,3-5H3. The van der Waals surface area contributed by atoms with Gasteiger partial charge in [-0.05, 0) is 86.9 Å². The first-order chi connectivity index (χ1) is 10.9. The Hall–Kier alpha value is -0.520.